The average Bonchev–Trinajstić information content (AvgIpc) is 3.46. The molecule has 0 saturated carbocycles. The van der Waals surface area contributed by atoms with Gasteiger partial charge in [-0.2, -0.15) is 0 Å². The van der Waals surface area contributed by atoms with E-state index in [1.807, 2.05) is 57.2 Å². The number of anilines is 1. The molecular weight excluding hydrogens is 558 g/mol. The zero-order valence-electron chi connectivity index (χ0n) is 25.0. The molecule has 1 unspecified atom stereocenters. The fourth-order valence-corrected chi connectivity index (χ4v) is 4.53. The van der Waals surface area contributed by atoms with Crippen LogP contribution in [-0.2, 0) is 38.2 Å². The Bertz CT molecular complexity index is 1310. The maximum Gasteiger partial charge on any atom is 0.533 e. The molecule has 1 heterocycles. The van der Waals surface area contributed by atoms with Gasteiger partial charge in [0, 0.05) is 44.7 Å². The number of fused-ring (bicyclic) bond motifs is 3. The van der Waals surface area contributed by atoms with Crippen molar-refractivity contribution in [1.29, 1.82) is 0 Å². The summed E-state index contributed by atoms with van der Waals surface area (Å²) < 4.78 is 15.5. The number of hydroxylamine groups is 2. The second kappa shape index (κ2) is 16.4. The summed E-state index contributed by atoms with van der Waals surface area (Å²) >= 11 is 0. The Labute approximate surface area is 250 Å². The van der Waals surface area contributed by atoms with Gasteiger partial charge >= 0.3 is 6.16 Å². The van der Waals surface area contributed by atoms with E-state index < -0.39 is 18.0 Å². The molecule has 2 aromatic rings. The highest BCUT2D eigenvalue weighted by Gasteiger charge is 2.35. The molecule has 12 heteroatoms. The number of hydrogen-bond donors (Lipinski definition) is 2. The minimum absolute atomic E-state index is 0.00669. The number of amides is 4. The molecule has 1 fully saturated rings. The van der Waals surface area contributed by atoms with E-state index in [9.17, 15) is 24.0 Å². The first-order chi connectivity index (χ1) is 20.7. The molecule has 43 heavy (non-hydrogen) atoms. The highest BCUT2D eigenvalue weighted by molar-refractivity contribution is 6.01. The second-order valence-electron chi connectivity index (χ2n) is 10.0. The van der Waals surface area contributed by atoms with E-state index in [2.05, 4.69) is 10.6 Å². The Morgan fingerprint density at radius 2 is 1.44 bits per heavy atom. The Balaban J connectivity index is 0.000000489. The minimum Gasteiger partial charge on any atom is -0.432 e. The van der Waals surface area contributed by atoms with Gasteiger partial charge in [0.25, 0.3) is 11.8 Å². The molecule has 1 aliphatic carbocycles. The van der Waals surface area contributed by atoms with Gasteiger partial charge in [0.05, 0.1) is 0 Å². The van der Waals surface area contributed by atoms with E-state index in [1.165, 1.54) is 0 Å². The lowest BCUT2D eigenvalue weighted by atomic mass is 9.96. The number of nitrogens with zero attached hydrogens (tertiary/aromatic N) is 1. The monoisotopic (exact) mass is 597 g/mol. The van der Waals surface area contributed by atoms with Crippen LogP contribution in [0.1, 0.15) is 62.1 Å². The van der Waals surface area contributed by atoms with Gasteiger partial charge in [0.2, 0.25) is 11.8 Å². The van der Waals surface area contributed by atoms with Crippen LogP contribution in [0.15, 0.2) is 36.4 Å². The van der Waals surface area contributed by atoms with Crippen molar-refractivity contribution in [3.05, 3.63) is 53.1 Å². The Kier molecular flexibility index (Phi) is 12.6. The number of ether oxygens (including phenoxy) is 3. The number of aryl methyl sites for hydroxylation is 1. The first kappa shape index (κ1) is 33.2. The van der Waals surface area contributed by atoms with E-state index in [0.717, 1.165) is 40.7 Å². The number of nitrogens with one attached hydrogen (secondary N) is 2. The molecule has 0 spiro atoms. The maximum absolute atomic E-state index is 12.2. The van der Waals surface area contributed by atoms with Crippen LogP contribution in [0.2, 0.25) is 0 Å². The summed E-state index contributed by atoms with van der Waals surface area (Å²) in [5.74, 6) is -1.77. The molecule has 2 aliphatic rings. The number of rotatable bonds is 12. The summed E-state index contributed by atoms with van der Waals surface area (Å²) in [6.07, 6.45) is 0.675. The highest BCUT2D eigenvalue weighted by Crippen LogP contribution is 2.46. The number of imide groups is 1. The van der Waals surface area contributed by atoms with Crippen LogP contribution in [0.3, 0.4) is 0 Å². The van der Waals surface area contributed by atoms with Crippen molar-refractivity contribution in [1.82, 2.24) is 10.4 Å². The predicted molar refractivity (Wildman–Crippen MR) is 157 cm³/mol. The quantitative estimate of drug-likeness (QED) is 0.211. The van der Waals surface area contributed by atoms with Crippen molar-refractivity contribution in [2.24, 2.45) is 0 Å². The van der Waals surface area contributed by atoms with Crippen LogP contribution < -0.4 is 10.6 Å². The largest absolute Gasteiger partial charge is 0.533 e. The summed E-state index contributed by atoms with van der Waals surface area (Å²) in [5, 5.41) is 5.75. The number of hydrogen-bond acceptors (Lipinski definition) is 9. The smallest absolute Gasteiger partial charge is 0.432 e. The molecule has 0 aromatic heterocycles. The molecule has 232 valence electrons. The SMILES string of the molecule is CCCOCC(=O)NC.CCCOCC(=O)Nc1ccc2c(c1)C(COC(=O)ON1C(=O)CCC1=O)c1cc(C)ccc1-2. The molecule has 12 nitrogen and oxygen atoms in total. The standard InChI is InChI=1S/C25H26N2O7.C6H13NO2/c1-3-10-32-14-22(28)26-16-5-7-18-17-6-4-15(2)11-19(17)21(20(18)12-16)13-33-25(31)34-27-23(29)8-9-24(27)30;1-3-4-9-5-6(8)7-2/h4-7,11-12,21H,3,8-10,13-14H2,1-2H3,(H,26,28);3-5H2,1-2H3,(H,7,8). The van der Waals surface area contributed by atoms with Gasteiger partial charge in [0.15, 0.2) is 0 Å². The van der Waals surface area contributed by atoms with Crippen LogP contribution in [-0.4, -0.2) is 74.9 Å². The third-order valence-electron chi connectivity index (χ3n) is 6.56. The minimum atomic E-state index is -1.12. The van der Waals surface area contributed by atoms with E-state index in [1.54, 1.807) is 7.05 Å². The molecular formula is C31H39N3O9. The maximum atomic E-state index is 12.2. The van der Waals surface area contributed by atoms with E-state index >= 15 is 0 Å². The van der Waals surface area contributed by atoms with Crippen LogP contribution in [0.5, 0.6) is 0 Å². The Hall–Kier alpha value is -4.29. The fraction of sp³-hybridized carbons (Fsp3) is 0.452. The third kappa shape index (κ3) is 9.35. The van der Waals surface area contributed by atoms with Gasteiger partial charge in [-0.15, -0.1) is 0 Å². The summed E-state index contributed by atoms with van der Waals surface area (Å²) in [6.45, 7) is 7.21. The normalized spacial score (nSPS) is 14.8. The zero-order valence-corrected chi connectivity index (χ0v) is 25.0. The summed E-state index contributed by atoms with van der Waals surface area (Å²) in [7, 11) is 1.59. The number of benzene rings is 2. The van der Waals surface area contributed by atoms with Crippen LogP contribution in [0.25, 0.3) is 11.1 Å². The molecule has 1 aliphatic heterocycles. The number of carbonyl (C=O) groups excluding carboxylic acids is 5. The van der Waals surface area contributed by atoms with Gasteiger partial charge in [-0.25, -0.2) is 4.79 Å². The molecule has 1 saturated heterocycles. The van der Waals surface area contributed by atoms with Gasteiger partial charge in [-0.3, -0.25) is 24.0 Å². The lowest BCUT2D eigenvalue weighted by Crippen LogP contribution is -2.32. The van der Waals surface area contributed by atoms with Crippen molar-refractivity contribution in [2.75, 3.05) is 45.4 Å². The molecule has 4 rings (SSSR count). The highest BCUT2D eigenvalue weighted by atomic mass is 16.8. The second-order valence-corrected chi connectivity index (χ2v) is 10.0. The van der Waals surface area contributed by atoms with Crippen molar-refractivity contribution in [3.63, 3.8) is 0 Å². The van der Waals surface area contributed by atoms with Crippen molar-refractivity contribution in [2.45, 2.75) is 52.4 Å². The summed E-state index contributed by atoms with van der Waals surface area (Å²) in [5.41, 5.74) is 5.50. The zero-order chi connectivity index (χ0) is 31.4. The van der Waals surface area contributed by atoms with Gasteiger partial charge in [0.1, 0.15) is 19.8 Å². The van der Waals surface area contributed by atoms with Gasteiger partial charge in [-0.05, 0) is 54.2 Å². The molecule has 0 bridgehead atoms. The van der Waals surface area contributed by atoms with E-state index in [-0.39, 0.29) is 50.4 Å². The van der Waals surface area contributed by atoms with Crippen molar-refractivity contribution in [3.8, 4) is 11.1 Å². The van der Waals surface area contributed by atoms with Gasteiger partial charge in [-0.1, -0.05) is 48.7 Å². The number of carbonyl (C=O) groups is 5. The number of likely N-dealkylation sites (N-methyl/N-ethyl adjacent to an activating group) is 1. The summed E-state index contributed by atoms with van der Waals surface area (Å²) in [6, 6.07) is 11.6. The first-order valence-electron chi connectivity index (χ1n) is 14.3. The predicted octanol–water partition coefficient (Wildman–Crippen LogP) is 3.85. The Morgan fingerprint density at radius 3 is 2.05 bits per heavy atom. The topological polar surface area (TPSA) is 150 Å². The third-order valence-corrected chi connectivity index (χ3v) is 6.56. The van der Waals surface area contributed by atoms with Crippen LogP contribution >= 0.6 is 0 Å². The van der Waals surface area contributed by atoms with E-state index in [0.29, 0.717) is 24.0 Å². The molecule has 1 atom stereocenters. The summed E-state index contributed by atoms with van der Waals surface area (Å²) in [4.78, 5) is 63.0. The van der Waals surface area contributed by atoms with Crippen LogP contribution in [0.4, 0.5) is 10.5 Å². The molecule has 2 aromatic carbocycles. The Morgan fingerprint density at radius 1 is 0.860 bits per heavy atom. The fourth-order valence-electron chi connectivity index (χ4n) is 4.53. The van der Waals surface area contributed by atoms with Crippen LogP contribution in [0, 0.1) is 6.92 Å². The average molecular weight is 598 g/mol. The molecule has 0 radical (unpaired) electrons. The molecule has 4 amide bonds. The first-order valence-corrected chi connectivity index (χ1v) is 14.3. The molecule has 2 N–H and O–H groups in total. The lowest BCUT2D eigenvalue weighted by molar-refractivity contribution is -0.177. The van der Waals surface area contributed by atoms with Crippen molar-refractivity contribution >= 4 is 35.5 Å². The lowest BCUT2D eigenvalue weighted by Gasteiger charge is -2.17. The van der Waals surface area contributed by atoms with Gasteiger partial charge < -0.3 is 24.8 Å². The van der Waals surface area contributed by atoms with Crippen molar-refractivity contribution < 1.29 is 43.0 Å². The van der Waals surface area contributed by atoms with E-state index in [4.69, 9.17) is 19.0 Å².